The van der Waals surface area contributed by atoms with Crippen LogP contribution in [0.25, 0.3) is 20.9 Å². The number of hydrogen-bond donors (Lipinski definition) is 0. The second kappa shape index (κ2) is 5.62. The van der Waals surface area contributed by atoms with Crippen molar-refractivity contribution in [3.05, 3.63) is 20.9 Å². The smallest absolute Gasteiger partial charge is 0.0313 e. The summed E-state index contributed by atoms with van der Waals surface area (Å²) >= 11 is 0. The fourth-order valence-electron chi connectivity index (χ4n) is 0.179. The third kappa shape index (κ3) is 4.62. The largest absolute Gasteiger partial charge is 0.0938 e. The first-order valence-electron chi connectivity index (χ1n) is 1.93. The predicted octanol–water partition coefficient (Wildman–Crippen LogP) is 1.61. The monoisotopic (exact) mass is 112 g/mol. The molecule has 0 aliphatic heterocycles. The molecule has 8 heavy (non-hydrogen) atoms. The summed E-state index contributed by atoms with van der Waals surface area (Å²) < 4.78 is 0. The molecule has 0 aliphatic carbocycles. The molecular weight excluding hydrogens is 108 g/mol. The molecule has 0 aromatic carbocycles. The molecule has 6 nitrogen and oxygen atoms in total. The minimum atomic E-state index is 0.237. The lowest BCUT2D eigenvalue weighted by Crippen LogP contribution is -1.79. The first-order chi connectivity index (χ1) is 3.91. The molecule has 0 unspecified atom stereocenters. The average Bonchev–Trinajstić information content (AvgIpc) is 1.81. The molecule has 0 rings (SSSR count). The summed E-state index contributed by atoms with van der Waals surface area (Å²) in [4.78, 5) is 4.90. The third-order valence-corrected chi connectivity index (χ3v) is 0.426. The highest BCUT2D eigenvalue weighted by molar-refractivity contribution is 4.50. The SMILES string of the molecule is [N-]=[N+]=NCCN=[N+]=[N-]. The molecule has 0 aliphatic rings. The first-order valence-corrected chi connectivity index (χ1v) is 1.93. The van der Waals surface area contributed by atoms with Crippen LogP contribution in [0.3, 0.4) is 0 Å². The van der Waals surface area contributed by atoms with Crippen molar-refractivity contribution < 1.29 is 0 Å². The van der Waals surface area contributed by atoms with Gasteiger partial charge in [-0.05, 0) is 11.1 Å². The van der Waals surface area contributed by atoms with Crippen molar-refractivity contribution in [1.29, 1.82) is 0 Å². The Morgan fingerprint density at radius 3 is 1.62 bits per heavy atom. The van der Waals surface area contributed by atoms with E-state index in [1.807, 2.05) is 0 Å². The molecular formula is C2H4N6. The fraction of sp³-hybridized carbons (Fsp3) is 1.00. The van der Waals surface area contributed by atoms with Gasteiger partial charge >= 0.3 is 0 Å². The fourth-order valence-corrected chi connectivity index (χ4v) is 0.179. The van der Waals surface area contributed by atoms with Crippen LogP contribution >= 0.6 is 0 Å². The van der Waals surface area contributed by atoms with E-state index in [1.54, 1.807) is 0 Å². The summed E-state index contributed by atoms with van der Waals surface area (Å²) in [5.74, 6) is 0. The molecule has 0 aromatic heterocycles. The first kappa shape index (κ1) is 6.62. The van der Waals surface area contributed by atoms with E-state index in [-0.39, 0.29) is 13.1 Å². The van der Waals surface area contributed by atoms with Crippen molar-refractivity contribution in [3.8, 4) is 0 Å². The van der Waals surface area contributed by atoms with Crippen LogP contribution in [-0.2, 0) is 0 Å². The van der Waals surface area contributed by atoms with Crippen molar-refractivity contribution in [3.63, 3.8) is 0 Å². The lowest BCUT2D eigenvalue weighted by Gasteiger charge is -1.74. The van der Waals surface area contributed by atoms with Gasteiger partial charge in [0.25, 0.3) is 0 Å². The Balaban J connectivity index is 3.18. The Kier molecular flexibility index (Phi) is 4.65. The number of hydrogen-bond acceptors (Lipinski definition) is 2. The van der Waals surface area contributed by atoms with Crippen LogP contribution in [0.5, 0.6) is 0 Å². The zero-order valence-electron chi connectivity index (χ0n) is 4.10. The van der Waals surface area contributed by atoms with Crippen molar-refractivity contribution in [1.82, 2.24) is 0 Å². The van der Waals surface area contributed by atoms with Crippen LogP contribution in [0.1, 0.15) is 0 Å². The number of rotatable bonds is 3. The highest BCUT2D eigenvalue weighted by Crippen LogP contribution is 1.73. The van der Waals surface area contributed by atoms with E-state index in [4.69, 9.17) is 11.1 Å². The van der Waals surface area contributed by atoms with Gasteiger partial charge in [-0.25, -0.2) is 0 Å². The molecule has 0 bridgehead atoms. The highest BCUT2D eigenvalue weighted by atomic mass is 15.2. The second-order valence-corrected chi connectivity index (χ2v) is 0.909. The second-order valence-electron chi connectivity index (χ2n) is 0.909. The molecule has 0 N–H and O–H groups in total. The van der Waals surface area contributed by atoms with E-state index in [0.29, 0.717) is 0 Å². The topological polar surface area (TPSA) is 97.5 Å². The Bertz CT molecular complexity index is 119. The molecule has 0 aromatic rings. The highest BCUT2D eigenvalue weighted by Gasteiger charge is 1.72. The summed E-state index contributed by atoms with van der Waals surface area (Å²) in [7, 11) is 0. The Labute approximate surface area is 45.4 Å². The summed E-state index contributed by atoms with van der Waals surface area (Å²) in [6.07, 6.45) is 0. The van der Waals surface area contributed by atoms with E-state index in [1.165, 1.54) is 0 Å². The van der Waals surface area contributed by atoms with Gasteiger partial charge in [0, 0.05) is 22.9 Å². The molecule has 0 atom stereocenters. The Hall–Kier alpha value is -1.38. The quantitative estimate of drug-likeness (QED) is 0.229. The minimum Gasteiger partial charge on any atom is -0.0938 e. The van der Waals surface area contributed by atoms with Crippen molar-refractivity contribution in [2.45, 2.75) is 0 Å². The van der Waals surface area contributed by atoms with Crippen LogP contribution in [-0.4, -0.2) is 13.1 Å². The molecule has 6 heteroatoms. The summed E-state index contributed by atoms with van der Waals surface area (Å²) in [5, 5.41) is 6.25. The normalized spacial score (nSPS) is 6.50. The molecule has 0 radical (unpaired) electrons. The average molecular weight is 112 g/mol. The van der Waals surface area contributed by atoms with Gasteiger partial charge in [0.05, 0.1) is 0 Å². The van der Waals surface area contributed by atoms with Gasteiger partial charge in [-0.2, -0.15) is 0 Å². The van der Waals surface area contributed by atoms with Gasteiger partial charge in [-0.15, -0.1) is 0 Å². The lowest BCUT2D eigenvalue weighted by atomic mass is 10.7. The maximum Gasteiger partial charge on any atom is 0.0313 e. The molecule has 42 valence electrons. The Morgan fingerprint density at radius 2 is 1.38 bits per heavy atom. The third-order valence-electron chi connectivity index (χ3n) is 0.426. The van der Waals surface area contributed by atoms with Gasteiger partial charge in [0.15, 0.2) is 0 Å². The summed E-state index contributed by atoms with van der Waals surface area (Å²) in [6.45, 7) is 0.473. The molecule has 0 heterocycles. The molecule has 0 saturated heterocycles. The van der Waals surface area contributed by atoms with Crippen LogP contribution < -0.4 is 0 Å². The predicted molar refractivity (Wildman–Crippen MR) is 28.0 cm³/mol. The van der Waals surface area contributed by atoms with E-state index in [2.05, 4.69) is 20.1 Å². The Morgan fingerprint density at radius 1 is 1.00 bits per heavy atom. The van der Waals surface area contributed by atoms with E-state index >= 15 is 0 Å². The van der Waals surface area contributed by atoms with Gasteiger partial charge in [-0.3, -0.25) is 0 Å². The number of azide groups is 2. The van der Waals surface area contributed by atoms with Crippen LogP contribution in [0.2, 0.25) is 0 Å². The number of nitrogens with zero attached hydrogens (tertiary/aromatic N) is 6. The van der Waals surface area contributed by atoms with E-state index < -0.39 is 0 Å². The van der Waals surface area contributed by atoms with Crippen molar-refractivity contribution >= 4 is 0 Å². The van der Waals surface area contributed by atoms with Crippen LogP contribution in [0.15, 0.2) is 10.2 Å². The molecule has 0 amide bonds. The standard InChI is InChI=1S/C2H4N6/c3-7-5-1-2-6-8-4/h1-2H2. The van der Waals surface area contributed by atoms with E-state index in [9.17, 15) is 0 Å². The molecule has 0 fully saturated rings. The van der Waals surface area contributed by atoms with Crippen LogP contribution in [0.4, 0.5) is 0 Å². The maximum absolute atomic E-state index is 7.69. The van der Waals surface area contributed by atoms with Gasteiger partial charge in [0.1, 0.15) is 0 Å². The van der Waals surface area contributed by atoms with Gasteiger partial charge in [-0.1, -0.05) is 10.2 Å². The zero-order chi connectivity index (χ0) is 6.24. The zero-order valence-corrected chi connectivity index (χ0v) is 4.10. The molecule has 0 spiro atoms. The van der Waals surface area contributed by atoms with Crippen LogP contribution in [0, 0.1) is 0 Å². The lowest BCUT2D eigenvalue weighted by molar-refractivity contribution is 0.953. The summed E-state index contributed by atoms with van der Waals surface area (Å²) in [5.41, 5.74) is 15.4. The van der Waals surface area contributed by atoms with Gasteiger partial charge in [0.2, 0.25) is 0 Å². The molecule has 0 saturated carbocycles. The van der Waals surface area contributed by atoms with Crippen molar-refractivity contribution in [2.75, 3.05) is 13.1 Å². The minimum absolute atomic E-state index is 0.237. The van der Waals surface area contributed by atoms with E-state index in [0.717, 1.165) is 0 Å². The maximum atomic E-state index is 7.69. The van der Waals surface area contributed by atoms with Gasteiger partial charge < -0.3 is 0 Å². The van der Waals surface area contributed by atoms with Crippen molar-refractivity contribution in [2.24, 2.45) is 10.2 Å². The summed E-state index contributed by atoms with van der Waals surface area (Å²) in [6, 6.07) is 0.